The van der Waals surface area contributed by atoms with Gasteiger partial charge in [0.15, 0.2) is 0 Å². The van der Waals surface area contributed by atoms with Crippen molar-refractivity contribution in [1.29, 1.82) is 0 Å². The second-order valence-electron chi connectivity index (χ2n) is 6.47. The number of carbonyl (C=O) groups excluding carboxylic acids is 1. The number of aryl methyl sites for hydroxylation is 2. The zero-order valence-corrected chi connectivity index (χ0v) is 12.5. The Balaban J connectivity index is 2.28. The van der Waals surface area contributed by atoms with Crippen LogP contribution >= 0.6 is 0 Å². The molecule has 1 heterocycles. The van der Waals surface area contributed by atoms with Crippen molar-refractivity contribution in [3.63, 3.8) is 0 Å². The van der Waals surface area contributed by atoms with Crippen molar-refractivity contribution in [2.45, 2.75) is 58.9 Å². The SMILES string of the molecule is Cc1cccc(C)c1CC1(CC(C)C)CCC(=O)N1. The van der Waals surface area contributed by atoms with Gasteiger partial charge in [0.1, 0.15) is 0 Å². The minimum atomic E-state index is -0.0257. The molecule has 2 rings (SSSR count). The smallest absolute Gasteiger partial charge is 0.220 e. The van der Waals surface area contributed by atoms with E-state index in [9.17, 15) is 4.79 Å². The minimum absolute atomic E-state index is 0.0257. The molecule has 19 heavy (non-hydrogen) atoms. The van der Waals surface area contributed by atoms with E-state index in [1.807, 2.05) is 0 Å². The summed E-state index contributed by atoms with van der Waals surface area (Å²) >= 11 is 0. The second kappa shape index (κ2) is 5.36. The normalized spacial score (nSPS) is 22.9. The first-order chi connectivity index (χ1) is 8.92. The summed E-state index contributed by atoms with van der Waals surface area (Å²) < 4.78 is 0. The fourth-order valence-corrected chi connectivity index (χ4v) is 3.38. The highest BCUT2D eigenvalue weighted by atomic mass is 16.2. The molecule has 1 unspecified atom stereocenters. The van der Waals surface area contributed by atoms with Crippen LogP contribution in [0.3, 0.4) is 0 Å². The maximum absolute atomic E-state index is 11.7. The molecule has 2 heteroatoms. The second-order valence-corrected chi connectivity index (χ2v) is 6.47. The zero-order chi connectivity index (χ0) is 14.0. The van der Waals surface area contributed by atoms with Gasteiger partial charge in [-0.1, -0.05) is 32.0 Å². The van der Waals surface area contributed by atoms with E-state index >= 15 is 0 Å². The lowest BCUT2D eigenvalue weighted by Crippen LogP contribution is -2.45. The molecule has 0 aliphatic carbocycles. The molecule has 0 aromatic heterocycles. The lowest BCUT2D eigenvalue weighted by Gasteiger charge is -2.32. The Morgan fingerprint density at radius 2 is 1.89 bits per heavy atom. The zero-order valence-electron chi connectivity index (χ0n) is 12.5. The quantitative estimate of drug-likeness (QED) is 0.880. The van der Waals surface area contributed by atoms with Crippen molar-refractivity contribution in [2.75, 3.05) is 0 Å². The summed E-state index contributed by atoms with van der Waals surface area (Å²) in [5.74, 6) is 0.814. The van der Waals surface area contributed by atoms with Crippen LogP contribution in [0.4, 0.5) is 0 Å². The van der Waals surface area contributed by atoms with Crippen LogP contribution in [0.5, 0.6) is 0 Å². The van der Waals surface area contributed by atoms with Crippen LogP contribution in [0, 0.1) is 19.8 Å². The van der Waals surface area contributed by atoms with Gasteiger partial charge in [0.05, 0.1) is 0 Å². The fraction of sp³-hybridized carbons (Fsp3) is 0.588. The molecule has 0 saturated carbocycles. The Labute approximate surface area is 116 Å². The van der Waals surface area contributed by atoms with Crippen LogP contribution < -0.4 is 5.32 Å². The van der Waals surface area contributed by atoms with E-state index in [0.717, 1.165) is 19.3 Å². The highest BCUT2D eigenvalue weighted by Gasteiger charge is 2.38. The minimum Gasteiger partial charge on any atom is -0.350 e. The van der Waals surface area contributed by atoms with Gasteiger partial charge >= 0.3 is 0 Å². The predicted molar refractivity (Wildman–Crippen MR) is 79.2 cm³/mol. The van der Waals surface area contributed by atoms with Crippen molar-refractivity contribution in [3.05, 3.63) is 34.9 Å². The highest BCUT2D eigenvalue weighted by molar-refractivity contribution is 5.79. The largest absolute Gasteiger partial charge is 0.350 e. The molecule has 1 aromatic rings. The van der Waals surface area contributed by atoms with Crippen molar-refractivity contribution in [2.24, 2.45) is 5.92 Å². The first kappa shape index (κ1) is 14.1. The lowest BCUT2D eigenvalue weighted by atomic mass is 9.80. The maximum atomic E-state index is 11.7. The molecule has 2 nitrogen and oxygen atoms in total. The highest BCUT2D eigenvalue weighted by Crippen LogP contribution is 2.32. The standard InChI is InChI=1S/C17H25NO/c1-12(2)10-17(9-8-16(19)18-17)11-15-13(3)6-5-7-14(15)4/h5-7,12H,8-11H2,1-4H3,(H,18,19). The number of amides is 1. The van der Waals surface area contributed by atoms with E-state index in [1.54, 1.807) is 0 Å². The molecule has 0 bridgehead atoms. The Morgan fingerprint density at radius 1 is 1.26 bits per heavy atom. The van der Waals surface area contributed by atoms with E-state index in [2.05, 4.69) is 51.2 Å². The van der Waals surface area contributed by atoms with Gasteiger partial charge in [-0.05, 0) is 55.7 Å². The van der Waals surface area contributed by atoms with Crippen LogP contribution in [-0.2, 0) is 11.2 Å². The summed E-state index contributed by atoms with van der Waals surface area (Å²) in [6.45, 7) is 8.80. The van der Waals surface area contributed by atoms with Crippen molar-refractivity contribution < 1.29 is 4.79 Å². The summed E-state index contributed by atoms with van der Waals surface area (Å²) in [4.78, 5) is 11.7. The van der Waals surface area contributed by atoms with Crippen LogP contribution in [-0.4, -0.2) is 11.4 Å². The van der Waals surface area contributed by atoms with Crippen molar-refractivity contribution in [3.8, 4) is 0 Å². The first-order valence-electron chi connectivity index (χ1n) is 7.28. The Bertz CT molecular complexity index is 458. The average Bonchev–Trinajstić information content (AvgIpc) is 2.65. The molecule has 104 valence electrons. The topological polar surface area (TPSA) is 29.1 Å². The van der Waals surface area contributed by atoms with E-state index < -0.39 is 0 Å². The fourth-order valence-electron chi connectivity index (χ4n) is 3.38. The molecule has 1 aliphatic rings. The Morgan fingerprint density at radius 3 is 2.37 bits per heavy atom. The number of hydrogen-bond acceptors (Lipinski definition) is 1. The average molecular weight is 259 g/mol. The van der Waals surface area contributed by atoms with Crippen molar-refractivity contribution >= 4 is 5.91 Å². The van der Waals surface area contributed by atoms with Gasteiger partial charge < -0.3 is 5.32 Å². The maximum Gasteiger partial charge on any atom is 0.220 e. The Hall–Kier alpha value is -1.31. The lowest BCUT2D eigenvalue weighted by molar-refractivity contribution is -0.119. The van der Waals surface area contributed by atoms with Gasteiger partial charge in [-0.2, -0.15) is 0 Å². The molecule has 1 saturated heterocycles. The third-order valence-electron chi connectivity index (χ3n) is 4.19. The van der Waals surface area contributed by atoms with E-state index in [-0.39, 0.29) is 11.4 Å². The van der Waals surface area contributed by atoms with Crippen LogP contribution in [0.1, 0.15) is 49.8 Å². The third kappa shape index (κ3) is 3.17. The third-order valence-corrected chi connectivity index (χ3v) is 4.19. The van der Waals surface area contributed by atoms with E-state index in [1.165, 1.54) is 16.7 Å². The first-order valence-corrected chi connectivity index (χ1v) is 7.28. The molecule has 1 fully saturated rings. The molecule has 1 amide bonds. The molecule has 1 aliphatic heterocycles. The Kier molecular flexibility index (Phi) is 3.98. The molecule has 1 N–H and O–H groups in total. The van der Waals surface area contributed by atoms with Crippen LogP contribution in [0.2, 0.25) is 0 Å². The predicted octanol–water partition coefficient (Wildman–Crippen LogP) is 3.54. The summed E-state index contributed by atoms with van der Waals surface area (Å²) in [5, 5.41) is 3.26. The van der Waals surface area contributed by atoms with Gasteiger partial charge in [-0.15, -0.1) is 0 Å². The summed E-state index contributed by atoms with van der Waals surface area (Å²) in [6, 6.07) is 6.45. The van der Waals surface area contributed by atoms with E-state index in [0.29, 0.717) is 12.3 Å². The number of rotatable bonds is 4. The molecule has 0 radical (unpaired) electrons. The monoisotopic (exact) mass is 259 g/mol. The molecular weight excluding hydrogens is 234 g/mol. The summed E-state index contributed by atoms with van der Waals surface area (Å²) in [7, 11) is 0. The number of hydrogen-bond donors (Lipinski definition) is 1. The molecule has 1 atom stereocenters. The summed E-state index contributed by atoms with van der Waals surface area (Å²) in [5.41, 5.74) is 4.06. The van der Waals surface area contributed by atoms with Gasteiger partial charge in [0.25, 0.3) is 0 Å². The van der Waals surface area contributed by atoms with Gasteiger partial charge in [-0.25, -0.2) is 0 Å². The molecule has 1 aromatic carbocycles. The number of benzene rings is 1. The summed E-state index contributed by atoms with van der Waals surface area (Å²) in [6.07, 6.45) is 3.68. The van der Waals surface area contributed by atoms with Gasteiger partial charge in [0, 0.05) is 12.0 Å². The number of nitrogens with one attached hydrogen (secondary N) is 1. The van der Waals surface area contributed by atoms with Crippen molar-refractivity contribution in [1.82, 2.24) is 5.32 Å². The number of carbonyl (C=O) groups is 1. The van der Waals surface area contributed by atoms with Crippen LogP contribution in [0.25, 0.3) is 0 Å². The molecular formula is C17H25NO. The van der Waals surface area contributed by atoms with Crippen LogP contribution in [0.15, 0.2) is 18.2 Å². The van der Waals surface area contributed by atoms with Gasteiger partial charge in [-0.3, -0.25) is 4.79 Å². The van der Waals surface area contributed by atoms with Gasteiger partial charge in [0.2, 0.25) is 5.91 Å². The molecule has 0 spiro atoms. The van der Waals surface area contributed by atoms with E-state index in [4.69, 9.17) is 0 Å².